The van der Waals surface area contributed by atoms with Crippen molar-refractivity contribution in [3.63, 3.8) is 0 Å². The molecule has 1 aliphatic heterocycles. The van der Waals surface area contributed by atoms with Crippen molar-refractivity contribution in [2.75, 3.05) is 5.88 Å². The summed E-state index contributed by atoms with van der Waals surface area (Å²) in [6.07, 6.45) is 0.855. The number of alkyl halides is 1. The number of amides is 1. The number of likely N-dealkylation sites (tertiary alicyclic amines) is 1. The first-order valence-corrected chi connectivity index (χ1v) is 6.47. The molecule has 1 aliphatic rings. The fourth-order valence-electron chi connectivity index (χ4n) is 2.54. The molecule has 1 aromatic carbocycles. The minimum absolute atomic E-state index is 0.0610. The third kappa shape index (κ3) is 2.51. The van der Waals surface area contributed by atoms with E-state index in [0.717, 1.165) is 0 Å². The van der Waals surface area contributed by atoms with Crippen LogP contribution in [0.3, 0.4) is 0 Å². The van der Waals surface area contributed by atoms with Crippen LogP contribution in [0.15, 0.2) is 24.3 Å². The van der Waals surface area contributed by atoms with Crippen LogP contribution in [0.5, 0.6) is 5.75 Å². The maximum Gasteiger partial charge on any atom is 0.326 e. The zero-order chi connectivity index (χ0) is 14.0. The maximum atomic E-state index is 11.9. The molecule has 102 valence electrons. The highest BCUT2D eigenvalue weighted by Crippen LogP contribution is 2.39. The smallest absolute Gasteiger partial charge is 0.326 e. The van der Waals surface area contributed by atoms with Crippen LogP contribution >= 0.6 is 11.6 Å². The van der Waals surface area contributed by atoms with Gasteiger partial charge in [-0.1, -0.05) is 18.2 Å². The van der Waals surface area contributed by atoms with Gasteiger partial charge in [0.25, 0.3) is 0 Å². The second-order valence-electron chi connectivity index (χ2n) is 4.44. The summed E-state index contributed by atoms with van der Waals surface area (Å²) in [6.45, 7) is 0. The van der Waals surface area contributed by atoms with Crippen molar-refractivity contribution in [1.29, 1.82) is 0 Å². The van der Waals surface area contributed by atoms with Gasteiger partial charge in [-0.2, -0.15) is 0 Å². The highest BCUT2D eigenvalue weighted by molar-refractivity contribution is 6.27. The molecule has 6 heteroatoms. The van der Waals surface area contributed by atoms with Gasteiger partial charge in [-0.15, -0.1) is 11.6 Å². The summed E-state index contributed by atoms with van der Waals surface area (Å²) in [7, 11) is 0. The molecule has 2 atom stereocenters. The number of phenolic OH excluding ortho intramolecular Hbond substituents is 1. The second kappa shape index (κ2) is 5.48. The van der Waals surface area contributed by atoms with Gasteiger partial charge in [-0.3, -0.25) is 4.79 Å². The van der Waals surface area contributed by atoms with Crippen molar-refractivity contribution in [2.45, 2.75) is 24.9 Å². The van der Waals surface area contributed by atoms with Crippen molar-refractivity contribution in [1.82, 2.24) is 4.90 Å². The fraction of sp³-hybridized carbons (Fsp3) is 0.385. The number of aliphatic carboxylic acids is 1. The summed E-state index contributed by atoms with van der Waals surface area (Å²) < 4.78 is 0. The van der Waals surface area contributed by atoms with Crippen molar-refractivity contribution in [3.05, 3.63) is 29.8 Å². The van der Waals surface area contributed by atoms with Gasteiger partial charge in [0.05, 0.1) is 6.04 Å². The van der Waals surface area contributed by atoms with E-state index in [1.807, 2.05) is 0 Å². The van der Waals surface area contributed by atoms with E-state index in [4.69, 9.17) is 16.7 Å². The number of halogens is 1. The number of aromatic hydroxyl groups is 1. The number of phenols is 1. The van der Waals surface area contributed by atoms with Gasteiger partial charge >= 0.3 is 5.97 Å². The Balaban J connectivity index is 2.37. The Hall–Kier alpha value is -1.75. The Morgan fingerprint density at radius 2 is 2.00 bits per heavy atom. The average Bonchev–Trinajstić information content (AvgIpc) is 2.83. The standard InChI is InChI=1S/C13H14ClNO4/c14-7-12(17)15-9(5-6-10(15)13(18)19)8-3-1-2-4-11(8)16/h1-4,9-10,16H,5-7H2,(H,18,19). The topological polar surface area (TPSA) is 77.8 Å². The van der Waals surface area contributed by atoms with Gasteiger partial charge in [0.15, 0.2) is 0 Å². The molecule has 0 aromatic heterocycles. The molecule has 19 heavy (non-hydrogen) atoms. The first-order valence-electron chi connectivity index (χ1n) is 5.94. The molecule has 1 aromatic rings. The molecule has 1 saturated heterocycles. The van der Waals surface area contributed by atoms with Crippen LogP contribution in [-0.4, -0.2) is 38.9 Å². The van der Waals surface area contributed by atoms with Crippen LogP contribution in [-0.2, 0) is 9.59 Å². The predicted molar refractivity (Wildman–Crippen MR) is 69.1 cm³/mol. The van der Waals surface area contributed by atoms with E-state index in [0.29, 0.717) is 18.4 Å². The summed E-state index contributed by atoms with van der Waals surface area (Å²) in [4.78, 5) is 24.3. The Morgan fingerprint density at radius 3 is 2.58 bits per heavy atom. The van der Waals surface area contributed by atoms with E-state index in [-0.39, 0.29) is 11.6 Å². The fourth-order valence-corrected chi connectivity index (χ4v) is 2.68. The number of carboxylic acid groups (broad SMARTS) is 1. The molecule has 0 saturated carbocycles. The minimum Gasteiger partial charge on any atom is -0.508 e. The first-order chi connectivity index (χ1) is 9.06. The van der Waals surface area contributed by atoms with Crippen LogP contribution in [0.25, 0.3) is 0 Å². The summed E-state index contributed by atoms with van der Waals surface area (Å²) in [5.41, 5.74) is 0.560. The van der Waals surface area contributed by atoms with Crippen LogP contribution in [0, 0.1) is 0 Å². The third-order valence-electron chi connectivity index (χ3n) is 3.37. The summed E-state index contributed by atoms with van der Waals surface area (Å²) in [5.74, 6) is -1.68. The van der Waals surface area contributed by atoms with Crippen molar-refractivity contribution in [3.8, 4) is 5.75 Å². The molecule has 0 aliphatic carbocycles. The van der Waals surface area contributed by atoms with Gasteiger partial charge in [0.1, 0.15) is 17.7 Å². The molecule has 1 amide bonds. The molecule has 0 bridgehead atoms. The molecule has 2 rings (SSSR count). The molecular weight excluding hydrogens is 270 g/mol. The van der Waals surface area contributed by atoms with Gasteiger partial charge in [0.2, 0.25) is 5.91 Å². The van der Waals surface area contributed by atoms with Gasteiger partial charge < -0.3 is 15.1 Å². The molecular formula is C13H14ClNO4. The van der Waals surface area contributed by atoms with E-state index in [2.05, 4.69) is 0 Å². The van der Waals surface area contributed by atoms with Crippen LogP contribution < -0.4 is 0 Å². The molecule has 2 N–H and O–H groups in total. The van der Waals surface area contributed by atoms with E-state index in [9.17, 15) is 14.7 Å². The number of carbonyl (C=O) groups excluding carboxylic acids is 1. The van der Waals surface area contributed by atoms with E-state index in [1.54, 1.807) is 18.2 Å². The molecule has 1 heterocycles. The number of benzene rings is 1. The number of hydrogen-bond acceptors (Lipinski definition) is 3. The quantitative estimate of drug-likeness (QED) is 0.829. The average molecular weight is 284 g/mol. The third-order valence-corrected chi connectivity index (χ3v) is 3.60. The zero-order valence-corrected chi connectivity index (χ0v) is 10.9. The number of carboxylic acids is 1. The SMILES string of the molecule is O=C(O)C1CCC(c2ccccc2O)N1C(=O)CCl. The maximum absolute atomic E-state index is 11.9. The van der Waals surface area contributed by atoms with Crippen molar-refractivity contribution in [2.24, 2.45) is 0 Å². The Morgan fingerprint density at radius 1 is 1.32 bits per heavy atom. The van der Waals surface area contributed by atoms with Gasteiger partial charge in [-0.25, -0.2) is 4.79 Å². The second-order valence-corrected chi connectivity index (χ2v) is 4.71. The molecule has 0 radical (unpaired) electrons. The summed E-state index contributed by atoms with van der Waals surface area (Å²) in [5, 5.41) is 19.0. The van der Waals surface area contributed by atoms with Crippen LogP contribution in [0.2, 0.25) is 0 Å². The molecule has 2 unspecified atom stereocenters. The van der Waals surface area contributed by atoms with Gasteiger partial charge in [-0.05, 0) is 18.9 Å². The number of carbonyl (C=O) groups is 2. The molecule has 5 nitrogen and oxygen atoms in total. The lowest BCUT2D eigenvalue weighted by Gasteiger charge is -2.28. The van der Waals surface area contributed by atoms with Crippen LogP contribution in [0.4, 0.5) is 0 Å². The van der Waals surface area contributed by atoms with E-state index < -0.39 is 24.0 Å². The lowest BCUT2D eigenvalue weighted by Crippen LogP contribution is -2.42. The Labute approximate surface area is 115 Å². The molecule has 1 fully saturated rings. The number of rotatable bonds is 3. The molecule has 0 spiro atoms. The van der Waals surface area contributed by atoms with E-state index >= 15 is 0 Å². The monoisotopic (exact) mass is 283 g/mol. The summed E-state index contributed by atoms with van der Waals surface area (Å²) >= 11 is 5.55. The Kier molecular flexibility index (Phi) is 3.95. The normalized spacial score (nSPS) is 22.5. The predicted octanol–water partition coefficient (Wildman–Crippen LogP) is 1.75. The highest BCUT2D eigenvalue weighted by atomic mass is 35.5. The first kappa shape index (κ1) is 13.7. The summed E-state index contributed by atoms with van der Waals surface area (Å²) in [6, 6.07) is 5.32. The van der Waals surface area contributed by atoms with E-state index in [1.165, 1.54) is 11.0 Å². The minimum atomic E-state index is -1.05. The number of para-hydroxylation sites is 1. The van der Waals surface area contributed by atoms with Gasteiger partial charge in [0, 0.05) is 5.56 Å². The van der Waals surface area contributed by atoms with Crippen molar-refractivity contribution < 1.29 is 19.8 Å². The largest absolute Gasteiger partial charge is 0.508 e. The number of hydrogen-bond donors (Lipinski definition) is 2. The van der Waals surface area contributed by atoms with Crippen molar-refractivity contribution >= 4 is 23.5 Å². The lowest BCUT2D eigenvalue weighted by molar-refractivity contribution is -0.148. The highest BCUT2D eigenvalue weighted by Gasteiger charge is 2.41. The Bertz CT molecular complexity index is 505. The zero-order valence-electron chi connectivity index (χ0n) is 10.1. The van der Waals surface area contributed by atoms with Crippen LogP contribution in [0.1, 0.15) is 24.4 Å². The number of nitrogens with zero attached hydrogens (tertiary/aromatic N) is 1. The lowest BCUT2D eigenvalue weighted by atomic mass is 10.0.